The summed E-state index contributed by atoms with van der Waals surface area (Å²) >= 11 is 0. The molecule has 7 heteroatoms. The first-order chi connectivity index (χ1) is 10.6. The molecule has 1 aliphatic heterocycles. The van der Waals surface area contributed by atoms with Gasteiger partial charge >= 0.3 is 5.97 Å². The Kier molecular flexibility index (Phi) is 5.48. The second-order valence-corrected chi connectivity index (χ2v) is 4.80. The first-order valence-corrected chi connectivity index (χ1v) is 6.91. The Morgan fingerprint density at radius 2 is 2.00 bits per heavy atom. The van der Waals surface area contributed by atoms with E-state index in [4.69, 9.17) is 4.74 Å². The van der Waals surface area contributed by atoms with Gasteiger partial charge in [0.1, 0.15) is 5.75 Å². The minimum absolute atomic E-state index is 0.0716. The number of rotatable bonds is 6. The Labute approximate surface area is 128 Å². The van der Waals surface area contributed by atoms with Crippen molar-refractivity contribution in [3.63, 3.8) is 0 Å². The molecule has 0 unspecified atom stereocenters. The third-order valence-electron chi connectivity index (χ3n) is 3.28. The number of hydrogen-bond acceptors (Lipinski definition) is 6. The van der Waals surface area contributed by atoms with E-state index in [2.05, 4.69) is 10.1 Å². The normalized spacial score (nSPS) is 14.6. The van der Waals surface area contributed by atoms with Crippen molar-refractivity contribution in [2.75, 3.05) is 39.9 Å². The second kappa shape index (κ2) is 7.56. The first kappa shape index (κ1) is 16.0. The van der Waals surface area contributed by atoms with Gasteiger partial charge in [-0.2, -0.15) is 0 Å². The Bertz CT molecular complexity index is 556. The molecule has 0 atom stereocenters. The van der Waals surface area contributed by atoms with Gasteiger partial charge in [-0.3, -0.25) is 9.59 Å². The molecule has 0 spiro atoms. The van der Waals surface area contributed by atoms with E-state index in [0.717, 1.165) is 0 Å². The van der Waals surface area contributed by atoms with Gasteiger partial charge in [0.2, 0.25) is 5.91 Å². The first-order valence-electron chi connectivity index (χ1n) is 6.91. The van der Waals surface area contributed by atoms with Crippen molar-refractivity contribution in [1.29, 1.82) is 0 Å². The summed E-state index contributed by atoms with van der Waals surface area (Å²) in [6, 6.07) is 6.44. The van der Waals surface area contributed by atoms with E-state index in [9.17, 15) is 14.4 Å². The van der Waals surface area contributed by atoms with Crippen LogP contribution in [0.25, 0.3) is 0 Å². The highest BCUT2D eigenvalue weighted by Crippen LogP contribution is 2.13. The third-order valence-corrected chi connectivity index (χ3v) is 3.28. The molecular weight excluding hydrogens is 288 g/mol. The van der Waals surface area contributed by atoms with Crippen LogP contribution in [-0.2, 0) is 14.3 Å². The maximum atomic E-state index is 12.2. The van der Waals surface area contributed by atoms with E-state index < -0.39 is 5.97 Å². The number of amides is 1. The van der Waals surface area contributed by atoms with E-state index in [1.807, 2.05) is 0 Å². The van der Waals surface area contributed by atoms with Crippen molar-refractivity contribution in [1.82, 2.24) is 10.2 Å². The van der Waals surface area contributed by atoms with Crippen LogP contribution < -0.4 is 10.1 Å². The van der Waals surface area contributed by atoms with Gasteiger partial charge in [0.05, 0.1) is 20.2 Å². The maximum Gasteiger partial charge on any atom is 0.343 e. The minimum Gasteiger partial charge on any atom is -0.482 e. The lowest BCUT2D eigenvalue weighted by molar-refractivity contribution is -0.142. The Morgan fingerprint density at radius 3 is 2.64 bits per heavy atom. The van der Waals surface area contributed by atoms with Gasteiger partial charge in [0.15, 0.2) is 12.4 Å². The Morgan fingerprint density at radius 1 is 1.27 bits per heavy atom. The highest BCUT2D eigenvalue weighted by atomic mass is 16.6. The quantitative estimate of drug-likeness (QED) is 0.581. The zero-order valence-corrected chi connectivity index (χ0v) is 12.3. The van der Waals surface area contributed by atoms with Crippen molar-refractivity contribution in [3.8, 4) is 5.75 Å². The molecule has 1 amide bonds. The van der Waals surface area contributed by atoms with Crippen LogP contribution in [0.15, 0.2) is 24.3 Å². The Balaban J connectivity index is 1.90. The predicted octanol–water partition coefficient (Wildman–Crippen LogP) is -0.147. The molecule has 0 aliphatic carbocycles. The molecule has 1 saturated heterocycles. The maximum absolute atomic E-state index is 12.2. The van der Waals surface area contributed by atoms with Gasteiger partial charge < -0.3 is 19.7 Å². The van der Waals surface area contributed by atoms with Crippen molar-refractivity contribution in [2.45, 2.75) is 0 Å². The minimum atomic E-state index is -0.475. The van der Waals surface area contributed by atoms with Gasteiger partial charge in [0.25, 0.3) is 0 Å². The number of ether oxygens (including phenoxy) is 2. The zero-order valence-electron chi connectivity index (χ0n) is 12.3. The third kappa shape index (κ3) is 4.29. The van der Waals surface area contributed by atoms with Crippen molar-refractivity contribution >= 4 is 17.7 Å². The lowest BCUT2D eigenvalue weighted by Gasteiger charge is -2.26. The fourth-order valence-electron chi connectivity index (χ4n) is 2.02. The summed E-state index contributed by atoms with van der Waals surface area (Å²) in [6.45, 7) is 1.39. The molecule has 0 bridgehead atoms. The van der Waals surface area contributed by atoms with E-state index >= 15 is 0 Å². The molecule has 1 fully saturated rings. The number of nitrogens with one attached hydrogen (secondary N) is 1. The number of methoxy groups -OCH3 is 1. The van der Waals surface area contributed by atoms with Gasteiger partial charge in [-0.05, 0) is 24.3 Å². The largest absolute Gasteiger partial charge is 0.482 e. The fourth-order valence-corrected chi connectivity index (χ4v) is 2.02. The summed E-state index contributed by atoms with van der Waals surface area (Å²) in [7, 11) is 1.28. The SMILES string of the molecule is COC(=O)COc1ccc(C(=O)CN2CCNCC2=O)cc1. The molecule has 1 aromatic carbocycles. The summed E-state index contributed by atoms with van der Waals surface area (Å²) < 4.78 is 9.67. The molecule has 118 valence electrons. The van der Waals surface area contributed by atoms with E-state index in [1.165, 1.54) is 7.11 Å². The van der Waals surface area contributed by atoms with Crippen LogP contribution in [0.2, 0.25) is 0 Å². The molecule has 0 aromatic heterocycles. The van der Waals surface area contributed by atoms with Crippen LogP contribution in [0, 0.1) is 0 Å². The van der Waals surface area contributed by atoms with Crippen LogP contribution in [0.1, 0.15) is 10.4 Å². The molecule has 0 radical (unpaired) electrons. The van der Waals surface area contributed by atoms with Gasteiger partial charge in [-0.15, -0.1) is 0 Å². The molecule has 2 rings (SSSR count). The molecule has 7 nitrogen and oxygen atoms in total. The van der Waals surface area contributed by atoms with Crippen LogP contribution in [0.5, 0.6) is 5.75 Å². The summed E-state index contributed by atoms with van der Waals surface area (Å²) in [4.78, 5) is 36.3. The standard InChI is InChI=1S/C15H18N2O5/c1-21-15(20)10-22-12-4-2-11(3-5-12)13(18)9-17-7-6-16-8-14(17)19/h2-5,16H,6-10H2,1H3. The number of Topliss-reactive ketones (excluding diaryl/α,β-unsaturated/α-hetero) is 1. The molecule has 1 N–H and O–H groups in total. The zero-order chi connectivity index (χ0) is 15.9. The summed E-state index contributed by atoms with van der Waals surface area (Å²) in [5, 5.41) is 2.96. The van der Waals surface area contributed by atoms with Gasteiger partial charge in [-0.25, -0.2) is 4.79 Å². The number of carbonyl (C=O) groups is 3. The van der Waals surface area contributed by atoms with Crippen molar-refractivity contribution < 1.29 is 23.9 Å². The van der Waals surface area contributed by atoms with E-state index in [1.54, 1.807) is 29.2 Å². The smallest absolute Gasteiger partial charge is 0.343 e. The lowest BCUT2D eigenvalue weighted by atomic mass is 10.1. The average molecular weight is 306 g/mol. The highest BCUT2D eigenvalue weighted by molar-refractivity contribution is 5.99. The van der Waals surface area contributed by atoms with Crippen molar-refractivity contribution in [2.24, 2.45) is 0 Å². The van der Waals surface area contributed by atoms with E-state index in [0.29, 0.717) is 24.4 Å². The highest BCUT2D eigenvalue weighted by Gasteiger charge is 2.20. The number of nitrogens with zero attached hydrogens (tertiary/aromatic N) is 1. The van der Waals surface area contributed by atoms with Gasteiger partial charge in [-0.1, -0.05) is 0 Å². The number of hydrogen-bond donors (Lipinski definition) is 1. The predicted molar refractivity (Wildman–Crippen MR) is 77.7 cm³/mol. The molecule has 1 heterocycles. The van der Waals surface area contributed by atoms with Crippen LogP contribution in [0.3, 0.4) is 0 Å². The Hall–Kier alpha value is -2.41. The average Bonchev–Trinajstić information content (AvgIpc) is 2.55. The lowest BCUT2D eigenvalue weighted by Crippen LogP contribution is -2.49. The number of carbonyl (C=O) groups excluding carboxylic acids is 3. The molecule has 0 saturated carbocycles. The summed E-state index contributed by atoms with van der Waals surface area (Å²) in [6.07, 6.45) is 0. The second-order valence-electron chi connectivity index (χ2n) is 4.80. The van der Waals surface area contributed by atoms with Crippen LogP contribution in [0.4, 0.5) is 0 Å². The monoisotopic (exact) mass is 306 g/mol. The number of benzene rings is 1. The molecule has 1 aliphatic rings. The van der Waals surface area contributed by atoms with Crippen LogP contribution in [-0.4, -0.2) is 62.5 Å². The number of piperazine rings is 1. The van der Waals surface area contributed by atoms with Crippen molar-refractivity contribution in [3.05, 3.63) is 29.8 Å². The fraction of sp³-hybridized carbons (Fsp3) is 0.400. The topological polar surface area (TPSA) is 84.9 Å². The van der Waals surface area contributed by atoms with E-state index in [-0.39, 0.29) is 31.4 Å². The van der Waals surface area contributed by atoms with Gasteiger partial charge in [0, 0.05) is 18.7 Å². The molecule has 1 aromatic rings. The molecular formula is C15H18N2O5. The summed E-state index contributed by atoms with van der Waals surface area (Å²) in [5.74, 6) is -0.204. The molecule has 22 heavy (non-hydrogen) atoms. The number of ketones is 1. The number of esters is 1. The summed E-state index contributed by atoms with van der Waals surface area (Å²) in [5.41, 5.74) is 0.497. The van der Waals surface area contributed by atoms with Crippen LogP contribution >= 0.6 is 0 Å².